The minimum Gasteiger partial charge on any atom is -0.393 e. The molecule has 4 nitrogen and oxygen atoms in total. The number of aliphatic hydroxyl groups excluding tert-OH is 2. The number of hydrogen-bond donors (Lipinski definition) is 2. The number of rotatable bonds is 9. The average Bonchev–Trinajstić information content (AvgIpc) is 3.05. The van der Waals surface area contributed by atoms with Gasteiger partial charge in [0.05, 0.1) is 24.4 Å². The standard InChI is InChI=1S/C38H42O4/c39-33-21-25-35(26-22-33)41-38(32-19-11-4-12-20-32,42-36-27-23-34(40)24-28-36)37(29-13-5-1-6-14-29,30-15-7-2-8-16-30)31-17-9-3-10-18-31/h1-20,33-36,39-40H,21-28H2. The van der Waals surface area contributed by atoms with Crippen LogP contribution in [0, 0.1) is 0 Å². The van der Waals surface area contributed by atoms with Crippen molar-refractivity contribution in [2.24, 2.45) is 0 Å². The van der Waals surface area contributed by atoms with Crippen LogP contribution in [-0.4, -0.2) is 34.6 Å². The van der Waals surface area contributed by atoms with Crippen molar-refractivity contribution in [3.05, 3.63) is 144 Å². The molecule has 0 heterocycles. The fraction of sp³-hybridized carbons (Fsp3) is 0.368. The normalized spacial score (nSPS) is 24.5. The van der Waals surface area contributed by atoms with Gasteiger partial charge in [-0.15, -0.1) is 0 Å². The van der Waals surface area contributed by atoms with E-state index in [2.05, 4.69) is 115 Å². The van der Waals surface area contributed by atoms with Crippen LogP contribution in [0.5, 0.6) is 0 Å². The van der Waals surface area contributed by atoms with Crippen LogP contribution in [0.25, 0.3) is 0 Å². The van der Waals surface area contributed by atoms with Crippen molar-refractivity contribution in [2.75, 3.05) is 0 Å². The Bertz CT molecular complexity index is 1240. The van der Waals surface area contributed by atoms with Gasteiger partial charge in [0.1, 0.15) is 5.41 Å². The van der Waals surface area contributed by atoms with Gasteiger partial charge in [0.2, 0.25) is 5.79 Å². The highest BCUT2D eigenvalue weighted by molar-refractivity contribution is 5.55. The van der Waals surface area contributed by atoms with Gasteiger partial charge in [0, 0.05) is 5.56 Å². The Hall–Kier alpha value is -3.28. The zero-order valence-corrected chi connectivity index (χ0v) is 24.2. The lowest BCUT2D eigenvalue weighted by molar-refractivity contribution is -0.319. The maximum absolute atomic E-state index is 10.4. The molecule has 0 aliphatic heterocycles. The summed E-state index contributed by atoms with van der Waals surface area (Å²) in [5.41, 5.74) is 3.32. The van der Waals surface area contributed by atoms with Gasteiger partial charge in [-0.1, -0.05) is 121 Å². The molecular formula is C38H42O4. The lowest BCUT2D eigenvalue weighted by Gasteiger charge is -2.54. The molecule has 0 bridgehead atoms. The molecule has 2 aliphatic carbocycles. The van der Waals surface area contributed by atoms with Gasteiger partial charge in [0.15, 0.2) is 0 Å². The van der Waals surface area contributed by atoms with Crippen LogP contribution in [0.15, 0.2) is 121 Å². The summed E-state index contributed by atoms with van der Waals surface area (Å²) < 4.78 is 15.2. The van der Waals surface area contributed by atoms with E-state index < -0.39 is 11.2 Å². The van der Waals surface area contributed by atoms with Crippen LogP contribution in [0.1, 0.15) is 73.6 Å². The quantitative estimate of drug-likeness (QED) is 0.164. The third-order valence-corrected chi connectivity index (χ3v) is 9.22. The molecule has 6 rings (SSSR count). The van der Waals surface area contributed by atoms with Gasteiger partial charge in [-0.25, -0.2) is 0 Å². The Morgan fingerprint density at radius 3 is 1.00 bits per heavy atom. The van der Waals surface area contributed by atoms with Crippen LogP contribution in [0.4, 0.5) is 0 Å². The molecule has 2 N–H and O–H groups in total. The van der Waals surface area contributed by atoms with Gasteiger partial charge in [-0.3, -0.25) is 0 Å². The van der Waals surface area contributed by atoms with Gasteiger partial charge < -0.3 is 19.7 Å². The summed E-state index contributed by atoms with van der Waals surface area (Å²) in [4.78, 5) is 0. The van der Waals surface area contributed by atoms with E-state index in [1.807, 2.05) is 6.07 Å². The summed E-state index contributed by atoms with van der Waals surface area (Å²) in [6, 6.07) is 42.4. The summed E-state index contributed by atoms with van der Waals surface area (Å²) >= 11 is 0. The Labute approximate surface area is 250 Å². The van der Waals surface area contributed by atoms with E-state index in [-0.39, 0.29) is 24.4 Å². The van der Waals surface area contributed by atoms with Crippen molar-refractivity contribution in [2.45, 2.75) is 87.0 Å². The Kier molecular flexibility index (Phi) is 8.87. The first-order valence-corrected chi connectivity index (χ1v) is 15.6. The van der Waals surface area contributed by atoms with Crippen molar-refractivity contribution in [3.8, 4) is 0 Å². The Morgan fingerprint density at radius 1 is 0.405 bits per heavy atom. The molecule has 4 aromatic carbocycles. The van der Waals surface area contributed by atoms with Gasteiger partial charge in [0.25, 0.3) is 0 Å². The van der Waals surface area contributed by atoms with Crippen molar-refractivity contribution >= 4 is 0 Å². The summed E-state index contributed by atoms with van der Waals surface area (Å²) in [6.45, 7) is 0. The highest BCUT2D eigenvalue weighted by atomic mass is 16.7. The van der Waals surface area contributed by atoms with E-state index >= 15 is 0 Å². The van der Waals surface area contributed by atoms with Crippen molar-refractivity contribution < 1.29 is 19.7 Å². The first-order valence-electron chi connectivity index (χ1n) is 15.6. The molecular weight excluding hydrogens is 520 g/mol. The van der Waals surface area contributed by atoms with Crippen LogP contribution in [0.2, 0.25) is 0 Å². The van der Waals surface area contributed by atoms with E-state index in [1.54, 1.807) is 0 Å². The van der Waals surface area contributed by atoms with E-state index in [0.29, 0.717) is 25.7 Å². The number of hydrogen-bond acceptors (Lipinski definition) is 4. The molecule has 0 unspecified atom stereocenters. The van der Waals surface area contributed by atoms with Gasteiger partial charge >= 0.3 is 0 Å². The molecule has 2 saturated carbocycles. The van der Waals surface area contributed by atoms with E-state index in [0.717, 1.165) is 47.9 Å². The first kappa shape index (κ1) is 28.8. The fourth-order valence-corrected chi connectivity index (χ4v) is 7.14. The minimum absolute atomic E-state index is 0.0988. The summed E-state index contributed by atoms with van der Waals surface area (Å²) in [5, 5.41) is 20.8. The maximum Gasteiger partial charge on any atom is 0.213 e. The number of ether oxygens (including phenoxy) is 2. The topological polar surface area (TPSA) is 58.9 Å². The van der Waals surface area contributed by atoms with E-state index in [9.17, 15) is 10.2 Å². The fourth-order valence-electron chi connectivity index (χ4n) is 7.14. The third kappa shape index (κ3) is 5.57. The van der Waals surface area contributed by atoms with Crippen molar-refractivity contribution in [3.63, 3.8) is 0 Å². The minimum atomic E-state index is -1.25. The zero-order chi connectivity index (χ0) is 28.8. The monoisotopic (exact) mass is 562 g/mol. The zero-order valence-electron chi connectivity index (χ0n) is 24.2. The van der Waals surface area contributed by atoms with Crippen LogP contribution in [0.3, 0.4) is 0 Å². The van der Waals surface area contributed by atoms with Gasteiger partial charge in [-0.2, -0.15) is 0 Å². The molecule has 0 aromatic heterocycles. The predicted molar refractivity (Wildman–Crippen MR) is 166 cm³/mol. The molecule has 0 saturated heterocycles. The van der Waals surface area contributed by atoms with Crippen molar-refractivity contribution in [1.82, 2.24) is 0 Å². The second kappa shape index (κ2) is 12.9. The molecule has 42 heavy (non-hydrogen) atoms. The molecule has 0 radical (unpaired) electrons. The van der Waals surface area contributed by atoms with E-state index in [4.69, 9.17) is 9.47 Å². The van der Waals surface area contributed by atoms with Crippen molar-refractivity contribution in [1.29, 1.82) is 0 Å². The molecule has 2 aliphatic rings. The lowest BCUT2D eigenvalue weighted by Crippen LogP contribution is -2.58. The molecule has 0 amide bonds. The third-order valence-electron chi connectivity index (χ3n) is 9.22. The molecule has 4 aromatic rings. The van der Waals surface area contributed by atoms with Crippen LogP contribution < -0.4 is 0 Å². The molecule has 0 atom stereocenters. The molecule has 4 heteroatoms. The number of benzene rings is 4. The first-order chi connectivity index (χ1) is 20.6. The van der Waals surface area contributed by atoms with Crippen LogP contribution >= 0.6 is 0 Å². The van der Waals surface area contributed by atoms with Crippen LogP contribution in [-0.2, 0) is 20.7 Å². The Morgan fingerprint density at radius 2 is 0.690 bits per heavy atom. The maximum atomic E-state index is 10.4. The largest absolute Gasteiger partial charge is 0.393 e. The highest BCUT2D eigenvalue weighted by Crippen LogP contribution is 2.57. The van der Waals surface area contributed by atoms with Gasteiger partial charge in [-0.05, 0) is 68.1 Å². The summed E-state index contributed by atoms with van der Waals surface area (Å²) in [5.74, 6) is -1.25. The summed E-state index contributed by atoms with van der Waals surface area (Å²) in [7, 11) is 0. The SMILES string of the molecule is OC1CCC(OC(OC2CCC(O)CC2)(c2ccccc2)C(c2ccccc2)(c2ccccc2)c2ccccc2)CC1. The lowest BCUT2D eigenvalue weighted by atomic mass is 9.61. The highest BCUT2D eigenvalue weighted by Gasteiger charge is 2.60. The molecule has 218 valence electrons. The average molecular weight is 563 g/mol. The Balaban J connectivity index is 1.68. The smallest absolute Gasteiger partial charge is 0.213 e. The second-order valence-electron chi connectivity index (χ2n) is 11.9. The molecule has 0 spiro atoms. The predicted octanol–water partition coefficient (Wildman–Crippen LogP) is 7.51. The van der Waals surface area contributed by atoms with E-state index in [1.165, 1.54) is 0 Å². The second-order valence-corrected chi connectivity index (χ2v) is 11.9. The summed E-state index contributed by atoms with van der Waals surface area (Å²) in [6.07, 6.45) is 5.09. The number of aliphatic hydroxyl groups is 2. The molecule has 2 fully saturated rings.